The first-order valence-electron chi connectivity index (χ1n) is 5.86. The van der Waals surface area contributed by atoms with E-state index in [0.29, 0.717) is 11.8 Å². The molecule has 4 nitrogen and oxygen atoms in total. The molecule has 0 fully saturated rings. The molecule has 5 heteroatoms. The lowest BCUT2D eigenvalue weighted by Crippen LogP contribution is -2.10. The third-order valence-corrected chi connectivity index (χ3v) is 2.98. The summed E-state index contributed by atoms with van der Waals surface area (Å²) >= 11 is 1.61. The summed E-state index contributed by atoms with van der Waals surface area (Å²) < 4.78 is 5.72. The first kappa shape index (κ1) is 12.1. The lowest BCUT2D eigenvalue weighted by atomic mass is 10.4. The van der Waals surface area contributed by atoms with Crippen molar-refractivity contribution >= 4 is 27.5 Å². The summed E-state index contributed by atoms with van der Waals surface area (Å²) in [6, 6.07) is 2.00. The van der Waals surface area contributed by atoms with Crippen LogP contribution in [0.3, 0.4) is 0 Å². The van der Waals surface area contributed by atoms with Crippen LogP contribution in [0.25, 0.3) is 10.2 Å². The van der Waals surface area contributed by atoms with Crippen molar-refractivity contribution < 1.29 is 4.74 Å². The first-order chi connectivity index (χ1) is 8.20. The minimum atomic E-state index is 0.118. The molecule has 0 aliphatic carbocycles. The molecule has 2 heterocycles. The van der Waals surface area contributed by atoms with Crippen LogP contribution in [0, 0.1) is 0 Å². The van der Waals surface area contributed by atoms with Gasteiger partial charge in [-0.25, -0.2) is 4.98 Å². The monoisotopic (exact) mass is 251 g/mol. The van der Waals surface area contributed by atoms with E-state index in [-0.39, 0.29) is 6.10 Å². The Morgan fingerprint density at radius 1 is 1.41 bits per heavy atom. The third kappa shape index (κ3) is 2.85. The Morgan fingerprint density at radius 2 is 2.24 bits per heavy atom. The molecule has 0 saturated heterocycles. The molecule has 0 aliphatic heterocycles. The van der Waals surface area contributed by atoms with Crippen LogP contribution in [0.2, 0.25) is 0 Å². The fourth-order valence-electron chi connectivity index (χ4n) is 1.46. The maximum absolute atomic E-state index is 5.72. The molecule has 0 bridgehead atoms. The van der Waals surface area contributed by atoms with E-state index in [0.717, 1.165) is 23.2 Å². The first-order valence-corrected chi connectivity index (χ1v) is 6.74. The predicted molar refractivity (Wildman–Crippen MR) is 72.0 cm³/mol. The molecule has 0 amide bonds. The highest BCUT2D eigenvalue weighted by Crippen LogP contribution is 2.28. The summed E-state index contributed by atoms with van der Waals surface area (Å²) in [5.74, 6) is 1.32. The van der Waals surface area contributed by atoms with Gasteiger partial charge in [0.15, 0.2) is 0 Å². The maximum atomic E-state index is 5.72. The van der Waals surface area contributed by atoms with Crippen LogP contribution in [-0.4, -0.2) is 22.6 Å². The Kier molecular flexibility index (Phi) is 3.78. The fourth-order valence-corrected chi connectivity index (χ4v) is 2.21. The molecule has 0 spiro atoms. The molecule has 2 aromatic rings. The van der Waals surface area contributed by atoms with E-state index in [4.69, 9.17) is 4.74 Å². The Balaban J connectivity index is 2.36. The van der Waals surface area contributed by atoms with Gasteiger partial charge in [0, 0.05) is 6.54 Å². The highest BCUT2D eigenvalue weighted by atomic mass is 32.1. The van der Waals surface area contributed by atoms with E-state index >= 15 is 0 Å². The van der Waals surface area contributed by atoms with Gasteiger partial charge in [0.25, 0.3) is 0 Å². The van der Waals surface area contributed by atoms with Crippen LogP contribution < -0.4 is 10.1 Å². The number of rotatable bonds is 5. The molecule has 0 atom stereocenters. The molecular formula is C12H17N3OS. The van der Waals surface area contributed by atoms with Crippen molar-refractivity contribution in [3.05, 3.63) is 11.4 Å². The number of hydrogen-bond donors (Lipinski definition) is 1. The van der Waals surface area contributed by atoms with Gasteiger partial charge in [0.1, 0.15) is 4.83 Å². The van der Waals surface area contributed by atoms with Crippen molar-refractivity contribution in [1.82, 2.24) is 9.97 Å². The second-order valence-corrected chi connectivity index (χ2v) is 4.98. The lowest BCUT2D eigenvalue weighted by Gasteiger charge is -2.11. The van der Waals surface area contributed by atoms with Gasteiger partial charge in [-0.1, -0.05) is 6.92 Å². The fraction of sp³-hybridized carbons (Fsp3) is 0.500. The lowest BCUT2D eigenvalue weighted by molar-refractivity contribution is 0.236. The van der Waals surface area contributed by atoms with Crippen LogP contribution in [0.4, 0.5) is 5.95 Å². The molecule has 0 unspecified atom stereocenters. The summed E-state index contributed by atoms with van der Waals surface area (Å²) in [5, 5.41) is 6.20. The number of anilines is 1. The standard InChI is InChI=1S/C12H17N3OS/c1-4-6-13-12-14-10(16-8(2)3)9-5-7-17-11(9)15-12/h5,7-8H,4,6H2,1-3H3,(H,13,14,15). The number of ether oxygens (including phenoxy) is 1. The molecule has 17 heavy (non-hydrogen) atoms. The van der Waals surface area contributed by atoms with Crippen molar-refractivity contribution in [2.45, 2.75) is 33.3 Å². The second-order valence-electron chi connectivity index (χ2n) is 4.09. The summed E-state index contributed by atoms with van der Waals surface area (Å²) in [5.41, 5.74) is 0. The van der Waals surface area contributed by atoms with Gasteiger partial charge in [0.05, 0.1) is 11.5 Å². The number of hydrogen-bond acceptors (Lipinski definition) is 5. The Hall–Kier alpha value is -1.36. The van der Waals surface area contributed by atoms with Crippen LogP contribution >= 0.6 is 11.3 Å². The Bertz CT molecular complexity index is 495. The van der Waals surface area contributed by atoms with E-state index in [1.165, 1.54) is 0 Å². The van der Waals surface area contributed by atoms with Gasteiger partial charge in [0.2, 0.25) is 11.8 Å². The Labute approximate surface area is 105 Å². The van der Waals surface area contributed by atoms with Gasteiger partial charge in [-0.3, -0.25) is 0 Å². The van der Waals surface area contributed by atoms with Crippen molar-refractivity contribution in [2.75, 3.05) is 11.9 Å². The smallest absolute Gasteiger partial charge is 0.227 e. The number of fused-ring (bicyclic) bond motifs is 1. The number of nitrogens with one attached hydrogen (secondary N) is 1. The minimum Gasteiger partial charge on any atom is -0.474 e. The Morgan fingerprint density at radius 3 is 2.94 bits per heavy atom. The van der Waals surface area contributed by atoms with Crippen molar-refractivity contribution in [1.29, 1.82) is 0 Å². The van der Waals surface area contributed by atoms with Gasteiger partial charge >= 0.3 is 0 Å². The number of thiophene rings is 1. The SMILES string of the molecule is CCCNc1nc(OC(C)C)c2ccsc2n1. The molecular weight excluding hydrogens is 234 g/mol. The van der Waals surface area contributed by atoms with Crippen LogP contribution in [0.5, 0.6) is 5.88 Å². The highest BCUT2D eigenvalue weighted by molar-refractivity contribution is 7.16. The normalized spacial score (nSPS) is 11.1. The van der Waals surface area contributed by atoms with Gasteiger partial charge in [-0.05, 0) is 31.7 Å². The van der Waals surface area contributed by atoms with Crippen molar-refractivity contribution in [2.24, 2.45) is 0 Å². The summed E-state index contributed by atoms with van der Waals surface area (Å²) in [4.78, 5) is 9.84. The van der Waals surface area contributed by atoms with E-state index in [9.17, 15) is 0 Å². The largest absolute Gasteiger partial charge is 0.474 e. The van der Waals surface area contributed by atoms with Crippen LogP contribution in [0.15, 0.2) is 11.4 Å². The van der Waals surface area contributed by atoms with Gasteiger partial charge < -0.3 is 10.1 Å². The zero-order valence-electron chi connectivity index (χ0n) is 10.4. The van der Waals surface area contributed by atoms with Crippen LogP contribution in [0.1, 0.15) is 27.2 Å². The average molecular weight is 251 g/mol. The summed E-state index contributed by atoms with van der Waals surface area (Å²) in [6.07, 6.45) is 1.17. The quantitative estimate of drug-likeness (QED) is 0.885. The maximum Gasteiger partial charge on any atom is 0.227 e. The minimum absolute atomic E-state index is 0.118. The predicted octanol–water partition coefficient (Wildman–Crippen LogP) is 3.30. The van der Waals surface area contributed by atoms with Gasteiger partial charge in [-0.15, -0.1) is 11.3 Å². The molecule has 92 valence electrons. The summed E-state index contributed by atoms with van der Waals surface area (Å²) in [6.45, 7) is 6.99. The summed E-state index contributed by atoms with van der Waals surface area (Å²) in [7, 11) is 0. The van der Waals surface area contributed by atoms with Crippen LogP contribution in [-0.2, 0) is 0 Å². The van der Waals surface area contributed by atoms with E-state index in [2.05, 4.69) is 22.2 Å². The number of aromatic nitrogens is 2. The topological polar surface area (TPSA) is 47.0 Å². The van der Waals surface area contributed by atoms with Gasteiger partial charge in [-0.2, -0.15) is 4.98 Å². The van der Waals surface area contributed by atoms with Crippen molar-refractivity contribution in [3.63, 3.8) is 0 Å². The van der Waals surface area contributed by atoms with E-state index in [1.54, 1.807) is 11.3 Å². The number of nitrogens with zero attached hydrogens (tertiary/aromatic N) is 2. The molecule has 2 rings (SSSR count). The zero-order valence-corrected chi connectivity index (χ0v) is 11.2. The van der Waals surface area contributed by atoms with Crippen molar-refractivity contribution in [3.8, 4) is 5.88 Å². The molecule has 0 saturated carbocycles. The molecule has 2 aromatic heterocycles. The highest BCUT2D eigenvalue weighted by Gasteiger charge is 2.10. The molecule has 0 radical (unpaired) electrons. The molecule has 0 aliphatic rings. The van der Waals surface area contributed by atoms with E-state index < -0.39 is 0 Å². The van der Waals surface area contributed by atoms with E-state index in [1.807, 2.05) is 25.3 Å². The molecule has 0 aromatic carbocycles. The average Bonchev–Trinajstić information content (AvgIpc) is 2.73. The second kappa shape index (κ2) is 5.31. The third-order valence-electron chi connectivity index (χ3n) is 2.17. The molecule has 1 N–H and O–H groups in total. The zero-order chi connectivity index (χ0) is 12.3.